The molecular weight excluding hydrogens is 312 g/mol. The normalized spacial score (nSPS) is 22.4. The van der Waals surface area contributed by atoms with Gasteiger partial charge in [-0.1, -0.05) is 82.8 Å². The summed E-state index contributed by atoms with van der Waals surface area (Å²) in [5.74, 6) is -0.853. The van der Waals surface area contributed by atoms with Gasteiger partial charge in [0.25, 0.3) is 0 Å². The van der Waals surface area contributed by atoms with E-state index in [9.17, 15) is 9.90 Å². The number of aliphatic hydroxyl groups excluding tert-OH is 1. The number of allylic oxidation sites excluding steroid dienone is 1. The quantitative estimate of drug-likeness (QED) is 0.287. The Morgan fingerprint density at radius 3 is 2.08 bits per heavy atom. The molecule has 1 saturated carbocycles. The van der Waals surface area contributed by atoms with Gasteiger partial charge in [-0.2, -0.15) is 0 Å². The maximum atomic E-state index is 10.8. The van der Waals surface area contributed by atoms with E-state index in [0.717, 1.165) is 19.3 Å². The molecule has 1 aliphatic carbocycles. The van der Waals surface area contributed by atoms with E-state index in [1.165, 1.54) is 76.2 Å². The van der Waals surface area contributed by atoms with E-state index >= 15 is 0 Å². The summed E-state index contributed by atoms with van der Waals surface area (Å²) in [5, 5.41) is 18.9. The lowest BCUT2D eigenvalue weighted by atomic mass is 9.81. The molecule has 0 aromatic carbocycles. The molecule has 0 saturated heterocycles. The van der Waals surface area contributed by atoms with E-state index in [4.69, 9.17) is 5.11 Å². The van der Waals surface area contributed by atoms with Crippen molar-refractivity contribution in [3.05, 3.63) is 11.6 Å². The van der Waals surface area contributed by atoms with E-state index in [2.05, 4.69) is 13.0 Å². The highest BCUT2D eigenvalue weighted by molar-refractivity contribution is 5.67. The van der Waals surface area contributed by atoms with Gasteiger partial charge in [-0.25, -0.2) is 0 Å². The molecule has 2 atom stereocenters. The second kappa shape index (κ2) is 14.4. The Kier molecular flexibility index (Phi) is 12.8. The third-order valence-corrected chi connectivity index (χ3v) is 5.53. The van der Waals surface area contributed by atoms with E-state index < -0.39 is 12.1 Å². The van der Waals surface area contributed by atoms with Crippen LogP contribution in [0.25, 0.3) is 0 Å². The molecule has 3 nitrogen and oxygen atoms in total. The Morgan fingerprint density at radius 1 is 1.00 bits per heavy atom. The Hall–Kier alpha value is -0.830. The van der Waals surface area contributed by atoms with Crippen LogP contribution in [0.15, 0.2) is 11.6 Å². The summed E-state index contributed by atoms with van der Waals surface area (Å²) in [6.45, 7) is 2.27. The van der Waals surface area contributed by atoms with Crippen molar-refractivity contribution in [1.82, 2.24) is 0 Å². The summed E-state index contributed by atoms with van der Waals surface area (Å²) < 4.78 is 0. The number of hydrogen-bond acceptors (Lipinski definition) is 2. The molecule has 0 aromatic rings. The van der Waals surface area contributed by atoms with Gasteiger partial charge in [-0.05, 0) is 38.0 Å². The molecule has 146 valence electrons. The second-order valence-electron chi connectivity index (χ2n) is 7.85. The van der Waals surface area contributed by atoms with Gasteiger partial charge in [-0.15, -0.1) is 0 Å². The van der Waals surface area contributed by atoms with E-state index in [1.54, 1.807) is 0 Å². The molecule has 0 radical (unpaired) electrons. The second-order valence-corrected chi connectivity index (χ2v) is 7.85. The van der Waals surface area contributed by atoms with Crippen molar-refractivity contribution in [2.75, 3.05) is 0 Å². The highest BCUT2D eigenvalue weighted by atomic mass is 16.4. The molecule has 0 aliphatic heterocycles. The van der Waals surface area contributed by atoms with Crippen LogP contribution in [0, 0.1) is 5.92 Å². The lowest BCUT2D eigenvalue weighted by Gasteiger charge is -2.28. The first-order valence-corrected chi connectivity index (χ1v) is 10.7. The largest absolute Gasteiger partial charge is 0.481 e. The first-order valence-electron chi connectivity index (χ1n) is 10.7. The van der Waals surface area contributed by atoms with Crippen molar-refractivity contribution < 1.29 is 15.0 Å². The van der Waals surface area contributed by atoms with Gasteiger partial charge >= 0.3 is 5.97 Å². The predicted octanol–water partition coefficient (Wildman–Crippen LogP) is 6.25. The van der Waals surface area contributed by atoms with Crippen molar-refractivity contribution in [3.8, 4) is 0 Å². The van der Waals surface area contributed by atoms with Crippen molar-refractivity contribution in [2.24, 2.45) is 5.92 Å². The molecule has 25 heavy (non-hydrogen) atoms. The third kappa shape index (κ3) is 11.4. The fraction of sp³-hybridized carbons (Fsp3) is 0.864. The van der Waals surface area contributed by atoms with Gasteiger partial charge < -0.3 is 10.2 Å². The molecule has 0 spiro atoms. The van der Waals surface area contributed by atoms with Crippen molar-refractivity contribution >= 4 is 5.97 Å². The van der Waals surface area contributed by atoms with Crippen LogP contribution in [0.3, 0.4) is 0 Å². The smallest absolute Gasteiger partial charge is 0.303 e. The molecule has 0 amide bonds. The number of rotatable bonds is 14. The average molecular weight is 353 g/mol. The van der Waals surface area contributed by atoms with E-state index in [0.29, 0.717) is 6.42 Å². The fourth-order valence-corrected chi connectivity index (χ4v) is 3.86. The molecule has 1 aliphatic rings. The number of unbranched alkanes of at least 4 members (excludes halogenated alkanes) is 11. The zero-order valence-electron chi connectivity index (χ0n) is 16.3. The van der Waals surface area contributed by atoms with Crippen LogP contribution < -0.4 is 0 Å². The number of carboxylic acid groups (broad SMARTS) is 1. The van der Waals surface area contributed by atoms with Gasteiger partial charge in [0.2, 0.25) is 0 Å². The van der Waals surface area contributed by atoms with Crippen molar-refractivity contribution in [3.63, 3.8) is 0 Å². The minimum Gasteiger partial charge on any atom is -0.481 e. The predicted molar refractivity (Wildman–Crippen MR) is 105 cm³/mol. The fourth-order valence-electron chi connectivity index (χ4n) is 3.86. The number of aliphatic carboxylic acids is 1. The topological polar surface area (TPSA) is 57.5 Å². The first-order chi connectivity index (χ1) is 12.1. The number of hydrogen-bond donors (Lipinski definition) is 2. The highest BCUT2D eigenvalue weighted by Gasteiger charge is 2.27. The summed E-state index contributed by atoms with van der Waals surface area (Å²) in [4.78, 5) is 10.8. The maximum Gasteiger partial charge on any atom is 0.303 e. The van der Waals surface area contributed by atoms with Crippen LogP contribution in [0.5, 0.6) is 0 Å². The lowest BCUT2D eigenvalue weighted by molar-refractivity contribution is -0.139. The number of carboxylic acids is 1. The molecule has 0 bridgehead atoms. The molecule has 2 unspecified atom stereocenters. The van der Waals surface area contributed by atoms with Crippen LogP contribution in [-0.2, 0) is 4.79 Å². The lowest BCUT2D eigenvalue weighted by Crippen LogP contribution is -2.27. The summed E-state index contributed by atoms with van der Waals surface area (Å²) >= 11 is 0. The van der Waals surface area contributed by atoms with Crippen LogP contribution in [0.4, 0.5) is 0 Å². The molecule has 3 heteroatoms. The van der Waals surface area contributed by atoms with Gasteiger partial charge in [0, 0.05) is 0 Å². The van der Waals surface area contributed by atoms with Crippen LogP contribution in [0.1, 0.15) is 110 Å². The summed E-state index contributed by atoms with van der Waals surface area (Å²) in [6, 6.07) is 0. The molecule has 0 aromatic heterocycles. The Balaban J connectivity index is 1.95. The monoisotopic (exact) mass is 352 g/mol. The van der Waals surface area contributed by atoms with Crippen molar-refractivity contribution in [1.29, 1.82) is 0 Å². The minimum atomic E-state index is -0.794. The first kappa shape index (κ1) is 22.2. The zero-order chi connectivity index (χ0) is 18.3. The van der Waals surface area contributed by atoms with Gasteiger partial charge in [-0.3, -0.25) is 4.79 Å². The molecule has 1 fully saturated rings. The molecular formula is C22H40O3. The Bertz CT molecular complexity index is 375. The van der Waals surface area contributed by atoms with Gasteiger partial charge in [0.15, 0.2) is 0 Å². The SMILES string of the molecule is CCCCCCCCCCCCCC=C1CCC(CC(=O)O)C(O)C1. The Labute approximate surface area is 154 Å². The summed E-state index contributed by atoms with van der Waals surface area (Å²) in [7, 11) is 0. The zero-order valence-corrected chi connectivity index (χ0v) is 16.3. The van der Waals surface area contributed by atoms with Crippen LogP contribution in [-0.4, -0.2) is 22.3 Å². The van der Waals surface area contributed by atoms with E-state index in [-0.39, 0.29) is 12.3 Å². The molecule has 2 N–H and O–H groups in total. The van der Waals surface area contributed by atoms with Gasteiger partial charge in [0.1, 0.15) is 0 Å². The molecule has 1 rings (SSSR count). The Morgan fingerprint density at radius 2 is 1.56 bits per heavy atom. The minimum absolute atomic E-state index is 0.0587. The molecule has 0 heterocycles. The third-order valence-electron chi connectivity index (χ3n) is 5.53. The van der Waals surface area contributed by atoms with E-state index in [1.807, 2.05) is 0 Å². The van der Waals surface area contributed by atoms with Crippen molar-refractivity contribution in [2.45, 2.75) is 116 Å². The van der Waals surface area contributed by atoms with Crippen LogP contribution in [0.2, 0.25) is 0 Å². The number of carbonyl (C=O) groups is 1. The average Bonchev–Trinajstić information content (AvgIpc) is 2.58. The van der Waals surface area contributed by atoms with Crippen LogP contribution >= 0.6 is 0 Å². The number of aliphatic hydroxyl groups is 1. The summed E-state index contributed by atoms with van der Waals surface area (Å²) in [6.07, 6.45) is 20.6. The summed E-state index contributed by atoms with van der Waals surface area (Å²) in [5.41, 5.74) is 1.33. The standard InChI is InChI=1S/C22H40O3/c1-2-3-4-5-6-7-8-9-10-11-12-13-14-19-15-16-20(18-22(24)25)21(23)17-19/h14,20-21,23H,2-13,15-18H2,1H3,(H,24,25). The highest BCUT2D eigenvalue weighted by Crippen LogP contribution is 2.31. The van der Waals surface area contributed by atoms with Gasteiger partial charge in [0.05, 0.1) is 12.5 Å². The maximum absolute atomic E-state index is 10.8.